The normalized spacial score (nSPS) is 14.7. The average molecular weight is 657 g/mol. The lowest BCUT2D eigenvalue weighted by Gasteiger charge is -2.24. The Kier molecular flexibility index (Phi) is 28.8. The standard InChI is InChI=1S/C36H66NO7P/c1-6-8-10-12-14-15-16-17-18-19-20-21-22-23-24-25-27-29-36(38)44-35(33-41-31-28-26-13-11-9-7-2)34-43-45(39,40)42-32-30-37(3,4)5/h8,10,14-15,17-18,20-21,35H,6-7,9,11-13,16,19,22-34H2,1-5H3/p+1/b10-8-,15-14-,18-17-,21-20-. The first-order valence-corrected chi connectivity index (χ1v) is 18.9. The molecular formula is C36H67NO7P+. The number of hydrogen-bond acceptors (Lipinski definition) is 6. The maximum atomic E-state index is 12.5. The van der Waals surface area contributed by atoms with Crippen LogP contribution < -0.4 is 0 Å². The molecule has 0 saturated heterocycles. The summed E-state index contributed by atoms with van der Waals surface area (Å²) in [5.74, 6) is -0.343. The molecule has 0 aliphatic carbocycles. The summed E-state index contributed by atoms with van der Waals surface area (Å²) in [4.78, 5) is 22.6. The first kappa shape index (κ1) is 43.5. The molecular weight excluding hydrogens is 589 g/mol. The predicted octanol–water partition coefficient (Wildman–Crippen LogP) is 9.26. The molecule has 262 valence electrons. The summed E-state index contributed by atoms with van der Waals surface area (Å²) in [6, 6.07) is 0. The van der Waals surface area contributed by atoms with Gasteiger partial charge >= 0.3 is 13.8 Å². The number of rotatable bonds is 31. The Balaban J connectivity index is 4.31. The van der Waals surface area contributed by atoms with Gasteiger partial charge in [-0.2, -0.15) is 0 Å². The molecule has 2 atom stereocenters. The molecule has 0 amide bonds. The highest BCUT2D eigenvalue weighted by Gasteiger charge is 2.26. The SMILES string of the molecule is CC/C=C\C/C=C\C/C=C\C/C=C\CCCCCCC(=O)OC(COCCCCCCCC)COP(=O)(O)OCC[N+](C)(C)C. The van der Waals surface area contributed by atoms with Gasteiger partial charge in [0, 0.05) is 13.0 Å². The number of quaternary nitrogens is 1. The van der Waals surface area contributed by atoms with E-state index in [1.807, 2.05) is 21.1 Å². The van der Waals surface area contributed by atoms with Gasteiger partial charge in [-0.25, -0.2) is 4.57 Å². The molecule has 0 rings (SSSR count). The number of likely N-dealkylation sites (N-methyl/N-ethyl adjacent to an activating group) is 1. The first-order valence-electron chi connectivity index (χ1n) is 17.4. The lowest BCUT2D eigenvalue weighted by Crippen LogP contribution is -2.37. The molecule has 45 heavy (non-hydrogen) atoms. The number of nitrogens with zero attached hydrogens (tertiary/aromatic N) is 1. The van der Waals surface area contributed by atoms with E-state index in [9.17, 15) is 14.3 Å². The van der Waals surface area contributed by atoms with E-state index in [0.29, 0.717) is 24.1 Å². The monoisotopic (exact) mass is 656 g/mol. The predicted molar refractivity (Wildman–Crippen MR) is 187 cm³/mol. The van der Waals surface area contributed by atoms with Crippen molar-refractivity contribution in [2.24, 2.45) is 0 Å². The van der Waals surface area contributed by atoms with Crippen molar-refractivity contribution in [3.63, 3.8) is 0 Å². The van der Waals surface area contributed by atoms with Crippen LogP contribution in [0.1, 0.15) is 117 Å². The summed E-state index contributed by atoms with van der Waals surface area (Å²) < 4.78 is 34.6. The molecule has 0 saturated carbocycles. The fourth-order valence-electron chi connectivity index (χ4n) is 4.19. The van der Waals surface area contributed by atoms with Crippen LogP contribution in [-0.4, -0.2) is 75.6 Å². The highest BCUT2D eigenvalue weighted by atomic mass is 31.2. The van der Waals surface area contributed by atoms with Crippen molar-refractivity contribution in [3.05, 3.63) is 48.6 Å². The van der Waals surface area contributed by atoms with Crippen molar-refractivity contribution in [1.82, 2.24) is 0 Å². The number of unbranched alkanes of at least 4 members (excludes halogenated alkanes) is 9. The van der Waals surface area contributed by atoms with E-state index in [1.165, 1.54) is 25.7 Å². The third kappa shape index (κ3) is 33.6. The number of ether oxygens (including phenoxy) is 2. The lowest BCUT2D eigenvalue weighted by molar-refractivity contribution is -0.870. The topological polar surface area (TPSA) is 91.3 Å². The van der Waals surface area contributed by atoms with Gasteiger partial charge in [-0.05, 0) is 51.4 Å². The van der Waals surface area contributed by atoms with Crippen molar-refractivity contribution in [3.8, 4) is 0 Å². The van der Waals surface area contributed by atoms with Crippen molar-refractivity contribution < 1.29 is 37.3 Å². The molecule has 2 unspecified atom stereocenters. The minimum Gasteiger partial charge on any atom is -0.457 e. The Morgan fingerprint density at radius 3 is 1.93 bits per heavy atom. The molecule has 1 N–H and O–H groups in total. The van der Waals surface area contributed by atoms with Crippen LogP contribution in [0.25, 0.3) is 0 Å². The number of hydrogen-bond donors (Lipinski definition) is 1. The smallest absolute Gasteiger partial charge is 0.457 e. The van der Waals surface area contributed by atoms with Crippen molar-refractivity contribution in [1.29, 1.82) is 0 Å². The van der Waals surface area contributed by atoms with Gasteiger partial charge < -0.3 is 18.9 Å². The zero-order valence-corrected chi connectivity index (χ0v) is 30.2. The van der Waals surface area contributed by atoms with E-state index in [1.54, 1.807) is 0 Å². The Hall–Kier alpha value is -1.54. The molecule has 8 nitrogen and oxygen atoms in total. The molecule has 0 radical (unpaired) electrons. The zero-order valence-electron chi connectivity index (χ0n) is 29.3. The van der Waals surface area contributed by atoms with Crippen LogP contribution in [0.4, 0.5) is 0 Å². The number of allylic oxidation sites excluding steroid dienone is 8. The van der Waals surface area contributed by atoms with E-state index in [2.05, 4.69) is 62.5 Å². The molecule has 0 aromatic rings. The quantitative estimate of drug-likeness (QED) is 0.0261. The summed E-state index contributed by atoms with van der Waals surface area (Å²) in [7, 11) is 1.64. The van der Waals surface area contributed by atoms with Gasteiger partial charge in [0.15, 0.2) is 0 Å². The minimum absolute atomic E-state index is 0.0819. The molecule has 0 aromatic carbocycles. The third-order valence-electron chi connectivity index (χ3n) is 6.90. The van der Waals surface area contributed by atoms with Crippen LogP contribution in [0.15, 0.2) is 48.6 Å². The summed E-state index contributed by atoms with van der Waals surface area (Å²) >= 11 is 0. The maximum Gasteiger partial charge on any atom is 0.472 e. The second-order valence-electron chi connectivity index (χ2n) is 12.5. The number of carbonyl (C=O) groups excluding carboxylic acids is 1. The van der Waals surface area contributed by atoms with E-state index in [4.69, 9.17) is 18.5 Å². The van der Waals surface area contributed by atoms with Gasteiger partial charge in [-0.3, -0.25) is 13.8 Å². The molecule has 0 aliphatic rings. The Bertz CT molecular complexity index is 864. The van der Waals surface area contributed by atoms with Crippen LogP contribution in [0.5, 0.6) is 0 Å². The molecule has 0 bridgehead atoms. The van der Waals surface area contributed by atoms with Gasteiger partial charge in [0.1, 0.15) is 19.3 Å². The van der Waals surface area contributed by atoms with Crippen LogP contribution in [-0.2, 0) is 27.9 Å². The fraction of sp³-hybridized carbons (Fsp3) is 0.750. The van der Waals surface area contributed by atoms with Crippen molar-refractivity contribution in [2.45, 2.75) is 123 Å². The second kappa shape index (κ2) is 29.8. The van der Waals surface area contributed by atoms with Gasteiger partial charge in [0.05, 0.1) is 34.4 Å². The molecule has 0 aliphatic heterocycles. The Labute approximate surface area is 276 Å². The second-order valence-corrected chi connectivity index (χ2v) is 14.0. The minimum atomic E-state index is -4.26. The highest BCUT2D eigenvalue weighted by Crippen LogP contribution is 2.43. The van der Waals surface area contributed by atoms with Crippen LogP contribution in [0.3, 0.4) is 0 Å². The number of phosphoric ester groups is 1. The largest absolute Gasteiger partial charge is 0.472 e. The molecule has 0 aromatic heterocycles. The van der Waals surface area contributed by atoms with E-state index < -0.39 is 13.9 Å². The summed E-state index contributed by atoms with van der Waals surface area (Å²) in [5.41, 5.74) is 0. The lowest BCUT2D eigenvalue weighted by atomic mass is 10.1. The van der Waals surface area contributed by atoms with Crippen molar-refractivity contribution >= 4 is 13.8 Å². The first-order chi connectivity index (χ1) is 21.6. The maximum absolute atomic E-state index is 12.5. The number of carbonyl (C=O) groups is 1. The zero-order chi connectivity index (χ0) is 33.5. The molecule has 0 spiro atoms. The van der Waals surface area contributed by atoms with Gasteiger partial charge in [0.2, 0.25) is 0 Å². The highest BCUT2D eigenvalue weighted by molar-refractivity contribution is 7.47. The van der Waals surface area contributed by atoms with Crippen LogP contribution in [0.2, 0.25) is 0 Å². The van der Waals surface area contributed by atoms with E-state index in [0.717, 1.165) is 70.6 Å². The van der Waals surface area contributed by atoms with E-state index >= 15 is 0 Å². The average Bonchev–Trinajstić information content (AvgIpc) is 2.98. The third-order valence-corrected chi connectivity index (χ3v) is 7.89. The Morgan fingerprint density at radius 2 is 1.29 bits per heavy atom. The number of esters is 1. The van der Waals surface area contributed by atoms with Crippen LogP contribution >= 0.6 is 7.82 Å². The molecule has 0 heterocycles. The van der Waals surface area contributed by atoms with Crippen molar-refractivity contribution in [2.75, 3.05) is 54.1 Å². The van der Waals surface area contributed by atoms with Gasteiger partial charge in [-0.1, -0.05) is 107 Å². The van der Waals surface area contributed by atoms with Gasteiger partial charge in [-0.15, -0.1) is 0 Å². The molecule has 9 heteroatoms. The van der Waals surface area contributed by atoms with E-state index in [-0.39, 0.29) is 25.8 Å². The van der Waals surface area contributed by atoms with Gasteiger partial charge in [0.25, 0.3) is 0 Å². The van der Waals surface area contributed by atoms with Crippen LogP contribution in [0, 0.1) is 0 Å². The summed E-state index contributed by atoms with van der Waals surface area (Å²) in [6.45, 7) is 5.39. The summed E-state index contributed by atoms with van der Waals surface area (Å²) in [5, 5.41) is 0. The fourth-order valence-corrected chi connectivity index (χ4v) is 4.93. The molecule has 0 fully saturated rings. The number of phosphoric acid groups is 1. The Morgan fingerprint density at radius 1 is 0.711 bits per heavy atom. The summed E-state index contributed by atoms with van der Waals surface area (Å²) in [6.07, 6.45) is 33.0.